The second kappa shape index (κ2) is 8.15. The zero-order valence-corrected chi connectivity index (χ0v) is 14.7. The molecule has 0 aliphatic carbocycles. The summed E-state index contributed by atoms with van der Waals surface area (Å²) in [4.78, 5) is 27.2. The third-order valence-corrected chi connectivity index (χ3v) is 4.56. The smallest absolute Gasteiger partial charge is 0.243 e. The summed E-state index contributed by atoms with van der Waals surface area (Å²) in [6, 6.07) is 1.79. The first-order valence-corrected chi connectivity index (χ1v) is 8.81. The van der Waals surface area contributed by atoms with Crippen molar-refractivity contribution < 1.29 is 9.32 Å². The highest BCUT2D eigenvalue weighted by molar-refractivity contribution is 5.90. The predicted molar refractivity (Wildman–Crippen MR) is 91.7 cm³/mol. The molecule has 1 N–H and O–H groups in total. The van der Waals surface area contributed by atoms with Crippen LogP contribution in [0.4, 0.5) is 5.95 Å². The van der Waals surface area contributed by atoms with E-state index in [2.05, 4.69) is 44.2 Å². The molecule has 2 aromatic rings. The average molecular weight is 344 g/mol. The third-order valence-electron chi connectivity index (χ3n) is 4.56. The molecule has 0 aromatic carbocycles. The molecule has 1 unspecified atom stereocenters. The van der Waals surface area contributed by atoms with Crippen molar-refractivity contribution in [1.82, 2.24) is 25.0 Å². The van der Waals surface area contributed by atoms with Crippen molar-refractivity contribution in [1.29, 1.82) is 0 Å². The van der Waals surface area contributed by atoms with Gasteiger partial charge in [-0.25, -0.2) is 9.97 Å². The molecule has 0 bridgehead atoms. The van der Waals surface area contributed by atoms with Gasteiger partial charge in [-0.3, -0.25) is 15.0 Å². The number of aromatic nitrogens is 4. The van der Waals surface area contributed by atoms with Crippen LogP contribution in [0.5, 0.6) is 0 Å². The number of piperidine rings is 1. The number of carbonyl (C=O) groups excluding carboxylic acids is 1. The molecule has 3 heterocycles. The van der Waals surface area contributed by atoms with Gasteiger partial charge in [-0.1, -0.05) is 12.1 Å². The summed E-state index contributed by atoms with van der Waals surface area (Å²) in [6.07, 6.45) is 6.64. The maximum Gasteiger partial charge on any atom is 0.243 e. The molecule has 134 valence electrons. The Morgan fingerprint density at radius 1 is 1.36 bits per heavy atom. The van der Waals surface area contributed by atoms with Gasteiger partial charge < -0.3 is 4.52 Å². The van der Waals surface area contributed by atoms with Gasteiger partial charge in [0.2, 0.25) is 17.7 Å². The van der Waals surface area contributed by atoms with Crippen molar-refractivity contribution in [2.24, 2.45) is 5.92 Å². The zero-order chi connectivity index (χ0) is 17.6. The summed E-state index contributed by atoms with van der Waals surface area (Å²) >= 11 is 0. The van der Waals surface area contributed by atoms with Crippen molar-refractivity contribution in [3.05, 3.63) is 30.2 Å². The summed E-state index contributed by atoms with van der Waals surface area (Å²) < 4.78 is 5.39. The van der Waals surface area contributed by atoms with E-state index >= 15 is 0 Å². The van der Waals surface area contributed by atoms with Crippen LogP contribution in [0.2, 0.25) is 0 Å². The number of amides is 1. The Balaban J connectivity index is 1.51. The summed E-state index contributed by atoms with van der Waals surface area (Å²) in [6.45, 7) is 5.80. The molecule has 3 rings (SSSR count). The summed E-state index contributed by atoms with van der Waals surface area (Å²) in [5.74, 6) is 1.75. The van der Waals surface area contributed by atoms with Crippen LogP contribution in [0.25, 0.3) is 0 Å². The second-order valence-corrected chi connectivity index (χ2v) is 6.35. The van der Waals surface area contributed by atoms with Crippen LogP contribution in [0, 0.1) is 5.92 Å². The van der Waals surface area contributed by atoms with E-state index in [1.165, 1.54) is 0 Å². The normalized spacial score (nSPS) is 17.4. The highest BCUT2D eigenvalue weighted by Gasteiger charge is 2.30. The highest BCUT2D eigenvalue weighted by Crippen LogP contribution is 2.26. The molecule has 1 amide bonds. The topological polar surface area (TPSA) is 97.0 Å². The molecule has 0 spiro atoms. The Hall–Kier alpha value is -2.35. The quantitative estimate of drug-likeness (QED) is 0.858. The van der Waals surface area contributed by atoms with Crippen LogP contribution < -0.4 is 5.32 Å². The van der Waals surface area contributed by atoms with E-state index in [0.717, 1.165) is 44.6 Å². The van der Waals surface area contributed by atoms with Crippen molar-refractivity contribution in [2.75, 3.05) is 18.4 Å². The first-order valence-electron chi connectivity index (χ1n) is 8.81. The first kappa shape index (κ1) is 17.5. The fraction of sp³-hybridized carbons (Fsp3) is 0.588. The van der Waals surface area contributed by atoms with Crippen LogP contribution in [-0.4, -0.2) is 44.0 Å². The van der Waals surface area contributed by atoms with E-state index in [-0.39, 0.29) is 17.9 Å². The Morgan fingerprint density at radius 2 is 2.08 bits per heavy atom. The van der Waals surface area contributed by atoms with E-state index < -0.39 is 0 Å². The van der Waals surface area contributed by atoms with Gasteiger partial charge in [0.1, 0.15) is 0 Å². The molecule has 1 aliphatic rings. The maximum atomic E-state index is 12.3. The maximum absolute atomic E-state index is 12.3. The molecule has 1 saturated heterocycles. The van der Waals surface area contributed by atoms with Crippen molar-refractivity contribution in [3.8, 4) is 0 Å². The van der Waals surface area contributed by atoms with E-state index in [4.69, 9.17) is 4.52 Å². The summed E-state index contributed by atoms with van der Waals surface area (Å²) in [7, 11) is 0. The number of nitrogens with one attached hydrogen (secondary N) is 1. The van der Waals surface area contributed by atoms with E-state index in [0.29, 0.717) is 11.8 Å². The van der Waals surface area contributed by atoms with Gasteiger partial charge in [-0.15, -0.1) is 0 Å². The zero-order valence-electron chi connectivity index (χ0n) is 14.7. The Kier molecular flexibility index (Phi) is 5.70. The lowest BCUT2D eigenvalue weighted by atomic mass is 9.95. The van der Waals surface area contributed by atoms with E-state index in [1.54, 1.807) is 18.5 Å². The number of aryl methyl sites for hydroxylation is 1. The minimum absolute atomic E-state index is 0.0125. The number of hydrogen-bond acceptors (Lipinski definition) is 7. The summed E-state index contributed by atoms with van der Waals surface area (Å²) in [5.41, 5.74) is 0. The third kappa shape index (κ3) is 4.39. The van der Waals surface area contributed by atoms with Gasteiger partial charge in [0.25, 0.3) is 0 Å². The van der Waals surface area contributed by atoms with Gasteiger partial charge in [0, 0.05) is 24.7 Å². The van der Waals surface area contributed by atoms with Crippen LogP contribution in [0.1, 0.15) is 50.9 Å². The van der Waals surface area contributed by atoms with Crippen LogP contribution in [-0.2, 0) is 11.2 Å². The van der Waals surface area contributed by atoms with E-state index in [9.17, 15) is 4.79 Å². The molecule has 0 saturated carbocycles. The Labute approximate surface area is 147 Å². The predicted octanol–water partition coefficient (Wildman–Crippen LogP) is 2.22. The minimum atomic E-state index is -0.0226. The van der Waals surface area contributed by atoms with Crippen LogP contribution in [0.3, 0.4) is 0 Å². The van der Waals surface area contributed by atoms with Gasteiger partial charge in [0.05, 0.1) is 6.04 Å². The highest BCUT2D eigenvalue weighted by atomic mass is 16.5. The van der Waals surface area contributed by atoms with E-state index in [1.807, 2.05) is 0 Å². The molecule has 8 heteroatoms. The molecule has 1 aliphatic heterocycles. The largest absolute Gasteiger partial charge is 0.338 e. The number of rotatable bonds is 6. The lowest BCUT2D eigenvalue weighted by Gasteiger charge is -2.33. The molecule has 8 nitrogen and oxygen atoms in total. The van der Waals surface area contributed by atoms with Crippen LogP contribution in [0.15, 0.2) is 23.0 Å². The number of likely N-dealkylation sites (tertiary alicyclic amines) is 1. The molecule has 0 radical (unpaired) electrons. The fourth-order valence-corrected chi connectivity index (χ4v) is 3.04. The minimum Gasteiger partial charge on any atom is -0.338 e. The molecule has 1 fully saturated rings. The van der Waals surface area contributed by atoms with Gasteiger partial charge >= 0.3 is 0 Å². The standard InChI is InChI=1S/C17H24N6O2/c1-3-5-14-20-16(25-22-14)12(2)23-10-6-13(7-11-23)15(24)21-17-18-8-4-9-19-17/h4,8-9,12-13H,3,5-7,10-11H2,1-2H3,(H,18,19,21,24). The van der Waals surface area contributed by atoms with Crippen LogP contribution >= 0.6 is 0 Å². The summed E-state index contributed by atoms with van der Waals surface area (Å²) in [5, 5.41) is 6.81. The Bertz CT molecular complexity index is 681. The Morgan fingerprint density at radius 3 is 2.76 bits per heavy atom. The number of nitrogens with zero attached hydrogens (tertiary/aromatic N) is 5. The lowest BCUT2D eigenvalue weighted by molar-refractivity contribution is -0.121. The fourth-order valence-electron chi connectivity index (χ4n) is 3.04. The SMILES string of the molecule is CCCc1noc(C(C)N2CCC(C(=O)Nc3ncccn3)CC2)n1. The first-order chi connectivity index (χ1) is 12.2. The molecular formula is C17H24N6O2. The monoisotopic (exact) mass is 344 g/mol. The number of carbonyl (C=O) groups is 1. The lowest BCUT2D eigenvalue weighted by Crippen LogP contribution is -2.39. The number of anilines is 1. The van der Waals surface area contributed by atoms with Gasteiger partial charge in [-0.2, -0.15) is 4.98 Å². The molecule has 1 atom stereocenters. The van der Waals surface area contributed by atoms with Crippen molar-refractivity contribution in [3.63, 3.8) is 0 Å². The van der Waals surface area contributed by atoms with Gasteiger partial charge in [0.15, 0.2) is 5.82 Å². The second-order valence-electron chi connectivity index (χ2n) is 6.35. The molecule has 2 aromatic heterocycles. The number of hydrogen-bond donors (Lipinski definition) is 1. The molecule has 25 heavy (non-hydrogen) atoms. The van der Waals surface area contributed by atoms with Gasteiger partial charge in [-0.05, 0) is 45.3 Å². The average Bonchev–Trinajstić information content (AvgIpc) is 3.11. The van der Waals surface area contributed by atoms with Crippen molar-refractivity contribution in [2.45, 2.75) is 45.6 Å². The molecular weight excluding hydrogens is 320 g/mol. The van der Waals surface area contributed by atoms with Crippen molar-refractivity contribution >= 4 is 11.9 Å².